The molecule has 1 atom stereocenters. The van der Waals surface area contributed by atoms with E-state index in [4.69, 9.17) is 4.74 Å². The summed E-state index contributed by atoms with van der Waals surface area (Å²) in [5.41, 5.74) is 1.76. The number of rotatable bonds is 10. The Morgan fingerprint density at radius 3 is 1.61 bits per heavy atom. The van der Waals surface area contributed by atoms with Crippen molar-refractivity contribution in [1.82, 2.24) is 0 Å². The van der Waals surface area contributed by atoms with Crippen LogP contribution in [0.2, 0.25) is 0 Å². The highest BCUT2D eigenvalue weighted by Gasteiger charge is 2.36. The Hall–Kier alpha value is -2.93. The molecule has 0 radical (unpaired) electrons. The fraction of sp³-hybridized carbons (Fsp3) is 0.200. The van der Waals surface area contributed by atoms with E-state index in [0.717, 1.165) is 28.2 Å². The predicted octanol–water partition coefficient (Wildman–Crippen LogP) is 6.91. The zero-order valence-electron chi connectivity index (χ0n) is 19.1. The number of ether oxygens (including phenoxy) is 1. The molecular formula is C30H31O2P. The van der Waals surface area contributed by atoms with Crippen LogP contribution in [0, 0.1) is 0 Å². The highest BCUT2D eigenvalue weighted by Crippen LogP contribution is 2.47. The molecule has 2 nitrogen and oxygen atoms in total. The first kappa shape index (κ1) is 23.2. The summed E-state index contributed by atoms with van der Waals surface area (Å²) in [5, 5.41) is 1.80. The van der Waals surface area contributed by atoms with Gasteiger partial charge >= 0.3 is 0 Å². The molecule has 0 saturated carbocycles. The maximum absolute atomic E-state index is 14.6. The third kappa shape index (κ3) is 5.36. The zero-order valence-corrected chi connectivity index (χ0v) is 20.0. The summed E-state index contributed by atoms with van der Waals surface area (Å²) in [4.78, 5) is 0. The standard InChI is InChI=1S/C30H31O2P/c1-2-30(27-17-9-4-10-18-27,32-25-26-15-7-3-8-16-26)23-24-33(31,28-19-11-5-12-20-28)29-21-13-6-14-22-29/h3-22H,2,23-25H2,1H3. The lowest BCUT2D eigenvalue weighted by atomic mass is 9.88. The molecule has 0 aliphatic rings. The fourth-order valence-electron chi connectivity index (χ4n) is 4.40. The normalized spacial score (nSPS) is 13.4. The first-order valence-corrected chi connectivity index (χ1v) is 13.5. The van der Waals surface area contributed by atoms with E-state index in [-0.39, 0.29) is 0 Å². The molecule has 0 aliphatic heterocycles. The van der Waals surface area contributed by atoms with Crippen LogP contribution >= 0.6 is 7.14 Å². The minimum atomic E-state index is -2.83. The molecule has 0 N–H and O–H groups in total. The largest absolute Gasteiger partial charge is 0.366 e. The average molecular weight is 455 g/mol. The Morgan fingerprint density at radius 2 is 1.12 bits per heavy atom. The molecule has 0 heterocycles. The SMILES string of the molecule is CCC(CCP(=O)(c1ccccc1)c1ccccc1)(OCc1ccccc1)c1ccccc1. The summed E-state index contributed by atoms with van der Waals surface area (Å²) >= 11 is 0. The van der Waals surface area contributed by atoms with E-state index in [0.29, 0.717) is 19.2 Å². The first-order chi connectivity index (χ1) is 16.2. The second-order valence-electron chi connectivity index (χ2n) is 8.37. The Morgan fingerprint density at radius 1 is 0.667 bits per heavy atom. The summed E-state index contributed by atoms with van der Waals surface area (Å²) in [6, 6.07) is 40.5. The average Bonchev–Trinajstić information content (AvgIpc) is 2.91. The van der Waals surface area contributed by atoms with Crippen LogP contribution in [0.5, 0.6) is 0 Å². The van der Waals surface area contributed by atoms with Gasteiger partial charge < -0.3 is 9.30 Å². The number of hydrogen-bond acceptors (Lipinski definition) is 2. The molecule has 0 aromatic heterocycles. The second-order valence-corrected chi connectivity index (χ2v) is 11.3. The van der Waals surface area contributed by atoms with Gasteiger partial charge in [-0.15, -0.1) is 0 Å². The van der Waals surface area contributed by atoms with Crippen molar-refractivity contribution < 1.29 is 9.30 Å². The van der Waals surface area contributed by atoms with Crippen LogP contribution in [0.1, 0.15) is 30.9 Å². The van der Waals surface area contributed by atoms with E-state index < -0.39 is 12.7 Å². The quantitative estimate of drug-likeness (QED) is 0.243. The van der Waals surface area contributed by atoms with Gasteiger partial charge in [-0.05, 0) is 24.0 Å². The molecule has 0 saturated heterocycles. The second kappa shape index (κ2) is 10.8. The zero-order chi connectivity index (χ0) is 23.0. The van der Waals surface area contributed by atoms with Gasteiger partial charge in [-0.2, -0.15) is 0 Å². The van der Waals surface area contributed by atoms with Gasteiger partial charge in [-0.3, -0.25) is 0 Å². The summed E-state index contributed by atoms with van der Waals surface area (Å²) in [6.07, 6.45) is 2.01. The molecule has 0 spiro atoms. The van der Waals surface area contributed by atoms with Crippen LogP contribution in [0.25, 0.3) is 0 Å². The van der Waals surface area contributed by atoms with Crippen molar-refractivity contribution in [3.05, 3.63) is 132 Å². The van der Waals surface area contributed by atoms with Gasteiger partial charge in [0.25, 0.3) is 0 Å². The minimum absolute atomic E-state index is 0.518. The van der Waals surface area contributed by atoms with Crippen LogP contribution in [0.15, 0.2) is 121 Å². The van der Waals surface area contributed by atoms with Gasteiger partial charge in [0, 0.05) is 16.8 Å². The lowest BCUT2D eigenvalue weighted by Crippen LogP contribution is -2.32. The molecule has 0 amide bonds. The van der Waals surface area contributed by atoms with Gasteiger partial charge in [-0.1, -0.05) is 128 Å². The molecule has 0 aliphatic carbocycles. The van der Waals surface area contributed by atoms with Crippen LogP contribution < -0.4 is 10.6 Å². The summed E-state index contributed by atoms with van der Waals surface area (Å²) in [7, 11) is -2.83. The molecule has 4 rings (SSSR count). The van der Waals surface area contributed by atoms with Crippen molar-refractivity contribution >= 4 is 17.8 Å². The van der Waals surface area contributed by atoms with Crippen LogP contribution in [0.3, 0.4) is 0 Å². The van der Waals surface area contributed by atoms with E-state index in [9.17, 15) is 4.57 Å². The van der Waals surface area contributed by atoms with E-state index in [2.05, 4.69) is 43.3 Å². The molecule has 0 fully saturated rings. The van der Waals surface area contributed by atoms with Crippen molar-refractivity contribution in [2.45, 2.75) is 32.0 Å². The van der Waals surface area contributed by atoms with Gasteiger partial charge in [0.15, 0.2) is 0 Å². The van der Waals surface area contributed by atoms with Crippen molar-refractivity contribution in [3.63, 3.8) is 0 Å². The van der Waals surface area contributed by atoms with E-state index in [1.165, 1.54) is 0 Å². The Bertz CT molecular complexity index is 1120. The summed E-state index contributed by atoms with van der Waals surface area (Å²) in [6.45, 7) is 2.68. The van der Waals surface area contributed by atoms with E-state index in [1.807, 2.05) is 84.9 Å². The molecule has 168 valence electrons. The third-order valence-electron chi connectivity index (χ3n) is 6.41. The Balaban J connectivity index is 1.69. The van der Waals surface area contributed by atoms with Crippen LogP contribution in [-0.4, -0.2) is 6.16 Å². The van der Waals surface area contributed by atoms with Gasteiger partial charge in [0.2, 0.25) is 0 Å². The highest BCUT2D eigenvalue weighted by atomic mass is 31.2. The molecule has 33 heavy (non-hydrogen) atoms. The van der Waals surface area contributed by atoms with Gasteiger partial charge in [-0.25, -0.2) is 0 Å². The van der Waals surface area contributed by atoms with Gasteiger partial charge in [0.1, 0.15) is 7.14 Å². The Labute approximate surface area is 197 Å². The van der Waals surface area contributed by atoms with Crippen molar-refractivity contribution in [2.75, 3.05) is 6.16 Å². The minimum Gasteiger partial charge on any atom is -0.366 e. The van der Waals surface area contributed by atoms with Crippen molar-refractivity contribution in [1.29, 1.82) is 0 Å². The third-order valence-corrected chi connectivity index (χ3v) is 9.52. The maximum Gasteiger partial charge on any atom is 0.143 e. The molecule has 3 heteroatoms. The fourth-order valence-corrected chi connectivity index (χ4v) is 7.20. The molecule has 4 aromatic rings. The number of hydrogen-bond donors (Lipinski definition) is 0. The van der Waals surface area contributed by atoms with Crippen molar-refractivity contribution in [2.24, 2.45) is 0 Å². The van der Waals surface area contributed by atoms with E-state index in [1.54, 1.807) is 0 Å². The predicted molar refractivity (Wildman–Crippen MR) is 139 cm³/mol. The summed E-state index contributed by atoms with van der Waals surface area (Å²) < 4.78 is 21.3. The molecule has 0 bridgehead atoms. The Kier molecular flexibility index (Phi) is 7.60. The van der Waals surface area contributed by atoms with Crippen LogP contribution in [0.4, 0.5) is 0 Å². The number of benzene rings is 4. The van der Waals surface area contributed by atoms with Crippen LogP contribution in [-0.2, 0) is 21.5 Å². The van der Waals surface area contributed by atoms with Crippen molar-refractivity contribution in [3.8, 4) is 0 Å². The van der Waals surface area contributed by atoms with Gasteiger partial charge in [0.05, 0.1) is 12.2 Å². The first-order valence-electron chi connectivity index (χ1n) is 11.6. The highest BCUT2D eigenvalue weighted by molar-refractivity contribution is 7.78. The molecule has 4 aromatic carbocycles. The maximum atomic E-state index is 14.6. The lowest BCUT2D eigenvalue weighted by Gasteiger charge is -2.35. The topological polar surface area (TPSA) is 26.3 Å². The molecular weight excluding hydrogens is 423 g/mol. The van der Waals surface area contributed by atoms with E-state index >= 15 is 0 Å². The molecule has 1 unspecified atom stereocenters. The lowest BCUT2D eigenvalue weighted by molar-refractivity contribution is -0.0675. The monoisotopic (exact) mass is 454 g/mol. The smallest absolute Gasteiger partial charge is 0.143 e. The summed E-state index contributed by atoms with van der Waals surface area (Å²) in [5.74, 6) is 0.